The Bertz CT molecular complexity index is 143. The summed E-state index contributed by atoms with van der Waals surface area (Å²) in [7, 11) is 0. The van der Waals surface area contributed by atoms with E-state index in [4.69, 9.17) is 5.11 Å². The summed E-state index contributed by atoms with van der Waals surface area (Å²) in [5, 5.41) is 8.38. The number of carboxylic acids is 1. The van der Waals surface area contributed by atoms with E-state index in [2.05, 4.69) is 0 Å². The third kappa shape index (κ3) is 4.90. The number of carbonyl (C=O) groups is 1. The van der Waals surface area contributed by atoms with Crippen LogP contribution in [0.5, 0.6) is 0 Å². The molecule has 1 atom stereocenters. The number of allylic oxidation sites excluding steroid dienone is 1. The van der Waals surface area contributed by atoms with Crippen molar-refractivity contribution < 1.29 is 9.90 Å². The van der Waals surface area contributed by atoms with Gasteiger partial charge in [0.15, 0.2) is 0 Å². The molecule has 0 amide bonds. The van der Waals surface area contributed by atoms with Crippen LogP contribution < -0.4 is 0 Å². The second-order valence-electron chi connectivity index (χ2n) is 2.14. The SMILES string of the molecule is C/C=C/CSC(CC)C(=O)O. The first-order valence-electron chi connectivity index (χ1n) is 3.68. The van der Waals surface area contributed by atoms with Gasteiger partial charge in [-0.3, -0.25) is 4.79 Å². The van der Waals surface area contributed by atoms with Gasteiger partial charge < -0.3 is 5.11 Å². The van der Waals surface area contributed by atoms with Crippen molar-refractivity contribution in [3.8, 4) is 0 Å². The standard InChI is InChI=1S/C8H14O2S/c1-3-5-6-11-7(4-2)8(9)10/h3,5,7H,4,6H2,1-2H3,(H,9,10)/b5-3+. The van der Waals surface area contributed by atoms with Gasteiger partial charge in [-0.2, -0.15) is 0 Å². The number of hydrogen-bond acceptors (Lipinski definition) is 2. The fourth-order valence-corrected chi connectivity index (χ4v) is 1.55. The molecule has 0 radical (unpaired) electrons. The lowest BCUT2D eigenvalue weighted by Crippen LogP contribution is -2.15. The molecule has 0 fully saturated rings. The summed E-state index contributed by atoms with van der Waals surface area (Å²) in [4.78, 5) is 10.5. The van der Waals surface area contributed by atoms with Crippen molar-refractivity contribution in [2.75, 3.05) is 5.75 Å². The molecule has 0 heterocycles. The second kappa shape index (κ2) is 6.28. The number of rotatable bonds is 5. The molecular weight excluding hydrogens is 160 g/mol. The van der Waals surface area contributed by atoms with Crippen LogP contribution in [0.25, 0.3) is 0 Å². The number of carboxylic acid groups (broad SMARTS) is 1. The zero-order valence-corrected chi connectivity index (χ0v) is 7.73. The lowest BCUT2D eigenvalue weighted by atomic mass is 10.3. The van der Waals surface area contributed by atoms with Crippen molar-refractivity contribution in [3.63, 3.8) is 0 Å². The lowest BCUT2D eigenvalue weighted by Gasteiger charge is -2.05. The van der Waals surface area contributed by atoms with E-state index >= 15 is 0 Å². The molecule has 0 aliphatic carbocycles. The minimum atomic E-state index is -0.706. The number of aliphatic carboxylic acids is 1. The Kier molecular flexibility index (Phi) is 6.03. The Morgan fingerprint density at radius 2 is 2.36 bits per heavy atom. The highest BCUT2D eigenvalue weighted by Crippen LogP contribution is 2.14. The summed E-state index contributed by atoms with van der Waals surface area (Å²) < 4.78 is 0. The first-order valence-corrected chi connectivity index (χ1v) is 4.72. The average Bonchev–Trinajstić information content (AvgIpc) is 1.97. The molecule has 0 aromatic rings. The summed E-state index contributed by atoms with van der Waals surface area (Å²) in [6.07, 6.45) is 4.59. The monoisotopic (exact) mass is 174 g/mol. The van der Waals surface area contributed by atoms with Crippen LogP contribution in [0.15, 0.2) is 12.2 Å². The first kappa shape index (κ1) is 10.6. The minimum absolute atomic E-state index is 0.244. The predicted molar refractivity (Wildman–Crippen MR) is 49.0 cm³/mol. The molecule has 0 aliphatic rings. The Morgan fingerprint density at radius 1 is 1.73 bits per heavy atom. The van der Waals surface area contributed by atoms with Gasteiger partial charge in [-0.25, -0.2) is 0 Å². The predicted octanol–water partition coefficient (Wildman–Crippen LogP) is 2.16. The molecule has 0 bridgehead atoms. The van der Waals surface area contributed by atoms with Gasteiger partial charge in [0.1, 0.15) is 5.25 Å². The van der Waals surface area contributed by atoms with Gasteiger partial charge in [0.2, 0.25) is 0 Å². The summed E-state index contributed by atoms with van der Waals surface area (Å²) in [6, 6.07) is 0. The molecule has 11 heavy (non-hydrogen) atoms. The van der Waals surface area contributed by atoms with Gasteiger partial charge in [0.05, 0.1) is 0 Å². The summed E-state index contributed by atoms with van der Waals surface area (Å²) in [5.74, 6) is 0.0865. The first-order chi connectivity index (χ1) is 5.22. The summed E-state index contributed by atoms with van der Waals surface area (Å²) >= 11 is 1.47. The minimum Gasteiger partial charge on any atom is -0.480 e. The van der Waals surface area contributed by atoms with Gasteiger partial charge in [0.25, 0.3) is 0 Å². The molecule has 1 N–H and O–H groups in total. The summed E-state index contributed by atoms with van der Waals surface area (Å²) in [6.45, 7) is 3.82. The number of thioether (sulfide) groups is 1. The van der Waals surface area contributed by atoms with Crippen LogP contribution in [0.2, 0.25) is 0 Å². The van der Waals surface area contributed by atoms with Crippen LogP contribution in [0.3, 0.4) is 0 Å². The number of hydrogen-bond donors (Lipinski definition) is 1. The van der Waals surface area contributed by atoms with Crippen molar-refractivity contribution in [3.05, 3.63) is 12.2 Å². The van der Waals surface area contributed by atoms with Crippen molar-refractivity contribution in [1.29, 1.82) is 0 Å². The highest BCUT2D eigenvalue weighted by Gasteiger charge is 2.13. The van der Waals surface area contributed by atoms with E-state index in [9.17, 15) is 4.79 Å². The maximum Gasteiger partial charge on any atom is 0.316 e. The highest BCUT2D eigenvalue weighted by molar-refractivity contribution is 8.00. The Labute approximate surface area is 71.7 Å². The fourth-order valence-electron chi connectivity index (χ4n) is 0.632. The Morgan fingerprint density at radius 3 is 2.73 bits per heavy atom. The van der Waals surface area contributed by atoms with E-state index in [1.165, 1.54) is 11.8 Å². The van der Waals surface area contributed by atoms with Crippen LogP contribution in [-0.4, -0.2) is 22.1 Å². The van der Waals surface area contributed by atoms with E-state index < -0.39 is 5.97 Å². The van der Waals surface area contributed by atoms with Crippen LogP contribution in [-0.2, 0) is 4.79 Å². The maximum absolute atomic E-state index is 10.5. The van der Waals surface area contributed by atoms with Crippen LogP contribution >= 0.6 is 11.8 Å². The molecule has 0 aromatic heterocycles. The van der Waals surface area contributed by atoms with Gasteiger partial charge >= 0.3 is 5.97 Å². The Balaban J connectivity index is 3.61. The summed E-state index contributed by atoms with van der Waals surface area (Å²) in [5.41, 5.74) is 0. The molecule has 2 nitrogen and oxygen atoms in total. The van der Waals surface area contributed by atoms with E-state index in [0.29, 0.717) is 6.42 Å². The normalized spacial score (nSPS) is 13.6. The van der Waals surface area contributed by atoms with Crippen molar-refractivity contribution in [2.24, 2.45) is 0 Å². The molecular formula is C8H14O2S. The molecule has 0 aromatic carbocycles. The van der Waals surface area contributed by atoms with Crippen LogP contribution in [0, 0.1) is 0 Å². The fraction of sp³-hybridized carbons (Fsp3) is 0.625. The van der Waals surface area contributed by atoms with E-state index in [1.54, 1.807) is 0 Å². The van der Waals surface area contributed by atoms with E-state index in [0.717, 1.165) is 5.75 Å². The molecule has 0 rings (SSSR count). The molecule has 1 unspecified atom stereocenters. The quantitative estimate of drug-likeness (QED) is 0.649. The van der Waals surface area contributed by atoms with Crippen LogP contribution in [0.4, 0.5) is 0 Å². The highest BCUT2D eigenvalue weighted by atomic mass is 32.2. The second-order valence-corrected chi connectivity index (χ2v) is 3.37. The smallest absolute Gasteiger partial charge is 0.316 e. The molecule has 0 saturated heterocycles. The van der Waals surface area contributed by atoms with Gasteiger partial charge in [-0.15, -0.1) is 11.8 Å². The lowest BCUT2D eigenvalue weighted by molar-refractivity contribution is -0.136. The third-order valence-electron chi connectivity index (χ3n) is 1.28. The molecule has 3 heteroatoms. The van der Waals surface area contributed by atoms with E-state index in [-0.39, 0.29) is 5.25 Å². The topological polar surface area (TPSA) is 37.3 Å². The zero-order valence-electron chi connectivity index (χ0n) is 6.91. The zero-order chi connectivity index (χ0) is 8.69. The third-order valence-corrected chi connectivity index (χ3v) is 2.60. The largest absolute Gasteiger partial charge is 0.480 e. The Hall–Kier alpha value is -0.440. The van der Waals surface area contributed by atoms with Crippen LogP contribution in [0.1, 0.15) is 20.3 Å². The van der Waals surface area contributed by atoms with E-state index in [1.807, 2.05) is 26.0 Å². The molecule has 64 valence electrons. The average molecular weight is 174 g/mol. The molecule has 0 saturated carbocycles. The van der Waals surface area contributed by atoms with Gasteiger partial charge in [-0.05, 0) is 13.3 Å². The van der Waals surface area contributed by atoms with Crippen molar-refractivity contribution in [2.45, 2.75) is 25.5 Å². The van der Waals surface area contributed by atoms with Gasteiger partial charge in [-0.1, -0.05) is 19.1 Å². The maximum atomic E-state index is 10.5. The van der Waals surface area contributed by atoms with Crippen molar-refractivity contribution in [1.82, 2.24) is 0 Å². The van der Waals surface area contributed by atoms with Gasteiger partial charge in [0, 0.05) is 5.75 Å². The molecule has 0 aliphatic heterocycles. The molecule has 0 spiro atoms. The van der Waals surface area contributed by atoms with Crippen molar-refractivity contribution >= 4 is 17.7 Å².